The van der Waals surface area contributed by atoms with Gasteiger partial charge in [0.25, 0.3) is 0 Å². The van der Waals surface area contributed by atoms with Crippen molar-refractivity contribution in [2.75, 3.05) is 13.1 Å². The summed E-state index contributed by atoms with van der Waals surface area (Å²) in [4.78, 5) is 11.8. The van der Waals surface area contributed by atoms with Crippen LogP contribution in [0.1, 0.15) is 33.6 Å². The van der Waals surface area contributed by atoms with E-state index in [1.165, 1.54) is 0 Å². The van der Waals surface area contributed by atoms with E-state index in [4.69, 9.17) is 4.74 Å². The van der Waals surface area contributed by atoms with Gasteiger partial charge in [-0.2, -0.15) is 0 Å². The highest BCUT2D eigenvalue weighted by Crippen LogP contribution is 2.40. The van der Waals surface area contributed by atoms with Gasteiger partial charge in [0, 0.05) is 19.5 Å². The maximum absolute atomic E-state index is 13.5. The van der Waals surface area contributed by atoms with Crippen LogP contribution in [0.3, 0.4) is 0 Å². The first-order valence-electron chi connectivity index (χ1n) is 6.17. The van der Waals surface area contributed by atoms with E-state index < -0.39 is 23.4 Å². The normalized spacial score (nSPS) is 36.7. The van der Waals surface area contributed by atoms with Crippen LogP contribution in [0.25, 0.3) is 0 Å². The van der Waals surface area contributed by atoms with Gasteiger partial charge in [0.15, 0.2) is 0 Å². The SMILES string of the molecule is CC(C)(C)OC(=O)N[C@@]12CNC[C@@H]1CC(F)C2. The van der Waals surface area contributed by atoms with Crippen molar-refractivity contribution in [2.24, 2.45) is 5.92 Å². The van der Waals surface area contributed by atoms with Crippen molar-refractivity contribution in [3.8, 4) is 0 Å². The van der Waals surface area contributed by atoms with Crippen LogP contribution in [0.5, 0.6) is 0 Å². The lowest BCUT2D eigenvalue weighted by atomic mass is 9.91. The molecule has 2 aliphatic rings. The van der Waals surface area contributed by atoms with Crippen molar-refractivity contribution in [2.45, 2.75) is 50.9 Å². The first-order valence-corrected chi connectivity index (χ1v) is 6.17. The molecule has 0 aromatic carbocycles. The summed E-state index contributed by atoms with van der Waals surface area (Å²) in [6.45, 7) is 6.87. The number of alkyl halides is 1. The summed E-state index contributed by atoms with van der Waals surface area (Å²) < 4.78 is 18.7. The van der Waals surface area contributed by atoms with Crippen LogP contribution in [0.4, 0.5) is 9.18 Å². The monoisotopic (exact) mass is 244 g/mol. The lowest BCUT2D eigenvalue weighted by Crippen LogP contribution is -2.53. The summed E-state index contributed by atoms with van der Waals surface area (Å²) in [5, 5.41) is 6.09. The predicted octanol–water partition coefficient (Wildman–Crippen LogP) is 1.60. The molecule has 2 N–H and O–H groups in total. The van der Waals surface area contributed by atoms with Crippen LogP contribution < -0.4 is 10.6 Å². The Labute approximate surface area is 101 Å². The van der Waals surface area contributed by atoms with Gasteiger partial charge < -0.3 is 15.4 Å². The van der Waals surface area contributed by atoms with Crippen molar-refractivity contribution < 1.29 is 13.9 Å². The summed E-state index contributed by atoms with van der Waals surface area (Å²) in [7, 11) is 0. The molecule has 2 fully saturated rings. The van der Waals surface area contributed by atoms with Crippen LogP contribution in [-0.4, -0.2) is 36.5 Å². The summed E-state index contributed by atoms with van der Waals surface area (Å²) in [6.07, 6.45) is -0.329. The fraction of sp³-hybridized carbons (Fsp3) is 0.917. The third-order valence-electron chi connectivity index (χ3n) is 3.49. The van der Waals surface area contributed by atoms with Crippen molar-refractivity contribution >= 4 is 6.09 Å². The van der Waals surface area contributed by atoms with E-state index in [0.29, 0.717) is 19.4 Å². The molecule has 5 heteroatoms. The predicted molar refractivity (Wildman–Crippen MR) is 62.6 cm³/mol. The van der Waals surface area contributed by atoms with Gasteiger partial charge in [-0.1, -0.05) is 0 Å². The Kier molecular flexibility index (Phi) is 3.06. The van der Waals surface area contributed by atoms with Crippen LogP contribution in [0.15, 0.2) is 0 Å². The average molecular weight is 244 g/mol. The quantitative estimate of drug-likeness (QED) is 0.736. The fourth-order valence-corrected chi connectivity index (χ4v) is 2.85. The Morgan fingerprint density at radius 2 is 2.24 bits per heavy atom. The second-order valence-electron chi connectivity index (χ2n) is 6.15. The molecule has 17 heavy (non-hydrogen) atoms. The van der Waals surface area contributed by atoms with Crippen LogP contribution in [0, 0.1) is 5.92 Å². The molecule has 0 spiro atoms. The standard InChI is InChI=1S/C12H21FN2O2/c1-11(2,3)17-10(16)15-12-5-9(13)4-8(12)6-14-7-12/h8-9,14H,4-7H2,1-3H3,(H,15,16)/t8-,9?,12-/m0/s1. The molecule has 4 nitrogen and oxygen atoms in total. The lowest BCUT2D eigenvalue weighted by molar-refractivity contribution is 0.0447. The zero-order chi connectivity index (χ0) is 12.7. The molecule has 98 valence electrons. The number of carbonyl (C=O) groups is 1. The van der Waals surface area contributed by atoms with Crippen molar-refractivity contribution in [3.63, 3.8) is 0 Å². The van der Waals surface area contributed by atoms with Crippen molar-refractivity contribution in [3.05, 3.63) is 0 Å². The Morgan fingerprint density at radius 3 is 2.88 bits per heavy atom. The smallest absolute Gasteiger partial charge is 0.408 e. The second kappa shape index (κ2) is 4.12. The average Bonchev–Trinajstić information content (AvgIpc) is 2.54. The van der Waals surface area contributed by atoms with E-state index in [-0.39, 0.29) is 5.92 Å². The molecular weight excluding hydrogens is 223 g/mol. The number of fused-ring (bicyclic) bond motifs is 1. The molecule has 2 rings (SSSR count). The molecule has 0 bridgehead atoms. The number of rotatable bonds is 1. The fourth-order valence-electron chi connectivity index (χ4n) is 2.85. The Hall–Kier alpha value is -0.840. The van der Waals surface area contributed by atoms with Crippen molar-refractivity contribution in [1.82, 2.24) is 10.6 Å². The van der Waals surface area contributed by atoms with Gasteiger partial charge >= 0.3 is 6.09 Å². The highest BCUT2D eigenvalue weighted by molar-refractivity contribution is 5.69. The first kappa shape index (κ1) is 12.6. The zero-order valence-corrected chi connectivity index (χ0v) is 10.7. The highest BCUT2D eigenvalue weighted by Gasteiger charge is 2.51. The van der Waals surface area contributed by atoms with E-state index in [0.717, 1.165) is 6.54 Å². The van der Waals surface area contributed by atoms with Crippen molar-refractivity contribution in [1.29, 1.82) is 0 Å². The first-order chi connectivity index (χ1) is 7.81. The van der Waals surface area contributed by atoms with Crippen LogP contribution in [-0.2, 0) is 4.74 Å². The minimum absolute atomic E-state index is 0.185. The Morgan fingerprint density at radius 1 is 1.53 bits per heavy atom. The van der Waals surface area contributed by atoms with Gasteiger partial charge in [0.05, 0.1) is 5.54 Å². The van der Waals surface area contributed by atoms with Gasteiger partial charge in [-0.05, 0) is 33.1 Å². The number of amides is 1. The number of hydrogen-bond donors (Lipinski definition) is 2. The molecule has 1 saturated carbocycles. The minimum Gasteiger partial charge on any atom is -0.444 e. The molecule has 0 aromatic rings. The summed E-state index contributed by atoms with van der Waals surface area (Å²) in [6, 6.07) is 0. The Bertz CT molecular complexity index is 316. The molecule has 1 unspecified atom stereocenters. The van der Waals surface area contributed by atoms with E-state index in [1.807, 2.05) is 20.8 Å². The number of nitrogens with one attached hydrogen (secondary N) is 2. The topological polar surface area (TPSA) is 50.4 Å². The van der Waals surface area contributed by atoms with Gasteiger partial charge in [-0.3, -0.25) is 0 Å². The summed E-state index contributed by atoms with van der Waals surface area (Å²) in [5.41, 5.74) is -0.961. The minimum atomic E-state index is -0.808. The maximum Gasteiger partial charge on any atom is 0.408 e. The largest absolute Gasteiger partial charge is 0.444 e. The molecule has 1 heterocycles. The molecule has 1 amide bonds. The number of alkyl carbamates (subject to hydrolysis) is 1. The molecule has 3 atom stereocenters. The molecular formula is C12H21FN2O2. The van der Waals surface area contributed by atoms with Gasteiger partial charge in [0.1, 0.15) is 11.8 Å². The van der Waals surface area contributed by atoms with Gasteiger partial charge in [0.2, 0.25) is 0 Å². The highest BCUT2D eigenvalue weighted by atomic mass is 19.1. The van der Waals surface area contributed by atoms with E-state index in [2.05, 4.69) is 10.6 Å². The molecule has 1 aliphatic carbocycles. The summed E-state index contributed by atoms with van der Waals surface area (Å²) in [5.74, 6) is 0.185. The summed E-state index contributed by atoms with van der Waals surface area (Å²) >= 11 is 0. The molecule has 0 radical (unpaired) electrons. The number of halogens is 1. The second-order valence-corrected chi connectivity index (χ2v) is 6.15. The molecule has 1 aliphatic heterocycles. The maximum atomic E-state index is 13.5. The number of ether oxygens (including phenoxy) is 1. The zero-order valence-electron chi connectivity index (χ0n) is 10.7. The van der Waals surface area contributed by atoms with E-state index in [9.17, 15) is 9.18 Å². The van der Waals surface area contributed by atoms with Gasteiger partial charge in [-0.15, -0.1) is 0 Å². The number of carbonyl (C=O) groups excluding carboxylic acids is 1. The third-order valence-corrected chi connectivity index (χ3v) is 3.49. The van der Waals surface area contributed by atoms with Gasteiger partial charge in [-0.25, -0.2) is 9.18 Å². The van der Waals surface area contributed by atoms with Crippen LogP contribution in [0.2, 0.25) is 0 Å². The lowest BCUT2D eigenvalue weighted by Gasteiger charge is -2.31. The van der Waals surface area contributed by atoms with E-state index >= 15 is 0 Å². The number of hydrogen-bond acceptors (Lipinski definition) is 3. The molecule has 0 aromatic heterocycles. The van der Waals surface area contributed by atoms with E-state index in [1.54, 1.807) is 0 Å². The Balaban J connectivity index is 1.99. The third kappa shape index (κ3) is 2.70. The van der Waals surface area contributed by atoms with Crippen LogP contribution >= 0.6 is 0 Å². The molecule has 1 saturated heterocycles.